The van der Waals surface area contributed by atoms with E-state index in [1.165, 1.54) is 19.3 Å². The number of hydrogen-bond acceptors (Lipinski definition) is 8. The van der Waals surface area contributed by atoms with Crippen molar-refractivity contribution in [1.82, 2.24) is 14.7 Å². The number of carbonyl (C=O) groups excluding carboxylic acids is 2. The van der Waals surface area contributed by atoms with Crippen LogP contribution in [-0.4, -0.2) is 37.2 Å². The molecule has 9 nitrogen and oxygen atoms in total. The summed E-state index contributed by atoms with van der Waals surface area (Å²) < 4.78 is 39.1. The van der Waals surface area contributed by atoms with E-state index in [9.17, 15) is 18.0 Å². The van der Waals surface area contributed by atoms with Crippen molar-refractivity contribution in [3.05, 3.63) is 87.5 Å². The molecule has 0 saturated heterocycles. The van der Waals surface area contributed by atoms with E-state index in [1.54, 1.807) is 18.3 Å². The van der Waals surface area contributed by atoms with E-state index in [0.717, 1.165) is 28.3 Å². The average Bonchev–Trinajstić information content (AvgIpc) is 2.85. The Balaban J connectivity index is 1.78. The predicted molar refractivity (Wildman–Crippen MR) is 143 cm³/mol. The summed E-state index contributed by atoms with van der Waals surface area (Å²) in [6.07, 6.45) is 5.68. The Labute approximate surface area is 221 Å². The first kappa shape index (κ1) is 26.7. The molecule has 1 aliphatic rings. The zero-order chi connectivity index (χ0) is 27.6. The monoisotopic (exact) mass is 533 g/mol. The third kappa shape index (κ3) is 5.50. The number of pyridine rings is 2. The van der Waals surface area contributed by atoms with Gasteiger partial charge in [0, 0.05) is 23.7 Å². The molecule has 0 unspecified atom stereocenters. The summed E-state index contributed by atoms with van der Waals surface area (Å²) in [5.41, 5.74) is 4.45. The number of Topliss-reactive ketones (excluding diaryl/α,β-unsaturated/α-hetero) is 1. The third-order valence-corrected chi connectivity index (χ3v) is 7.30. The quantitative estimate of drug-likeness (QED) is 0.465. The highest BCUT2D eigenvalue weighted by atomic mass is 32.2. The topological polar surface area (TPSA) is 125 Å². The molecule has 0 aliphatic heterocycles. The molecule has 4 rings (SSSR count). The number of sulfonamides is 1. The summed E-state index contributed by atoms with van der Waals surface area (Å²) in [6, 6.07) is 8.70. The van der Waals surface area contributed by atoms with Gasteiger partial charge in [0.15, 0.2) is 5.78 Å². The van der Waals surface area contributed by atoms with Crippen LogP contribution < -0.4 is 14.2 Å². The minimum Gasteiger partial charge on any atom is -0.481 e. The maximum atomic E-state index is 13.2. The van der Waals surface area contributed by atoms with Crippen molar-refractivity contribution in [3.63, 3.8) is 0 Å². The number of amides is 1. The molecule has 1 aromatic carbocycles. The average molecular weight is 534 g/mol. The van der Waals surface area contributed by atoms with E-state index in [2.05, 4.69) is 9.97 Å². The fourth-order valence-corrected chi connectivity index (χ4v) is 5.29. The first-order valence-electron chi connectivity index (χ1n) is 11.7. The van der Waals surface area contributed by atoms with Crippen LogP contribution in [0.1, 0.15) is 39.0 Å². The van der Waals surface area contributed by atoms with Crippen molar-refractivity contribution < 1.29 is 27.5 Å². The van der Waals surface area contributed by atoms with Gasteiger partial charge in [-0.1, -0.05) is 29.8 Å². The van der Waals surface area contributed by atoms with Crippen molar-refractivity contribution in [2.45, 2.75) is 34.1 Å². The number of ketones is 1. The molecule has 1 aliphatic carbocycles. The van der Waals surface area contributed by atoms with Crippen LogP contribution in [0.4, 0.5) is 0 Å². The standard InChI is InChI=1S/C28H27N3O6S/c1-16-12-17(2)25(18(3)13-16)37-28-21(26(33)31-38(34,35)24-9-7-6-8-23(24)32)10-11-22(30-28)20-14-19(4)27(36-5)29-15-20/h6-7,9-15H,8H2,1-5H3,(H,31,33). The summed E-state index contributed by atoms with van der Waals surface area (Å²) in [4.78, 5) is 33.7. The SMILES string of the molecule is COc1ncc(-c2ccc(C(=O)NS(=O)(=O)C3=CC=CCC3=O)c(Oc3c(C)cc(C)cc3C)n2)cc1C. The van der Waals surface area contributed by atoms with E-state index in [-0.39, 0.29) is 17.9 Å². The maximum absolute atomic E-state index is 13.2. The van der Waals surface area contributed by atoms with Crippen LogP contribution in [0.25, 0.3) is 11.3 Å². The molecular formula is C28H27N3O6S. The highest BCUT2D eigenvalue weighted by Crippen LogP contribution is 2.33. The molecule has 0 radical (unpaired) electrons. The minimum atomic E-state index is -4.41. The van der Waals surface area contributed by atoms with Gasteiger partial charge in [-0.25, -0.2) is 23.1 Å². The molecule has 3 aromatic rings. The molecule has 1 amide bonds. The number of aryl methyl sites for hydroxylation is 4. The van der Waals surface area contributed by atoms with Crippen molar-refractivity contribution >= 4 is 21.7 Å². The number of aromatic nitrogens is 2. The molecular weight excluding hydrogens is 506 g/mol. The van der Waals surface area contributed by atoms with Crippen LogP contribution in [0.5, 0.6) is 17.5 Å². The normalized spacial score (nSPS) is 13.2. The number of hydrogen-bond donors (Lipinski definition) is 1. The lowest BCUT2D eigenvalue weighted by Gasteiger charge is -2.16. The number of carbonyl (C=O) groups is 2. The number of rotatable bonds is 7. The third-order valence-electron chi connectivity index (χ3n) is 5.91. The Morgan fingerprint density at radius 2 is 1.71 bits per heavy atom. The number of nitrogens with zero attached hydrogens (tertiary/aromatic N) is 2. The molecule has 0 spiro atoms. The van der Waals surface area contributed by atoms with Gasteiger partial charge >= 0.3 is 0 Å². The Kier molecular flexibility index (Phi) is 7.45. The summed E-state index contributed by atoms with van der Waals surface area (Å²) in [7, 11) is -2.89. The maximum Gasteiger partial charge on any atom is 0.270 e. The van der Waals surface area contributed by atoms with Gasteiger partial charge in [0.25, 0.3) is 15.9 Å². The van der Waals surface area contributed by atoms with Gasteiger partial charge in [-0.3, -0.25) is 9.59 Å². The Bertz CT molecular complexity index is 1600. The molecule has 1 N–H and O–H groups in total. The van der Waals surface area contributed by atoms with E-state index in [1.807, 2.05) is 50.6 Å². The van der Waals surface area contributed by atoms with E-state index >= 15 is 0 Å². The highest BCUT2D eigenvalue weighted by Gasteiger charge is 2.29. The lowest BCUT2D eigenvalue weighted by Crippen LogP contribution is -2.34. The van der Waals surface area contributed by atoms with Gasteiger partial charge in [-0.2, -0.15) is 0 Å². The van der Waals surface area contributed by atoms with E-state index in [4.69, 9.17) is 9.47 Å². The van der Waals surface area contributed by atoms with Gasteiger partial charge in [-0.05, 0) is 63.1 Å². The molecule has 2 aromatic heterocycles. The van der Waals surface area contributed by atoms with Crippen LogP contribution in [0, 0.1) is 27.7 Å². The number of ether oxygens (including phenoxy) is 2. The lowest BCUT2D eigenvalue weighted by molar-refractivity contribution is -0.114. The van der Waals surface area contributed by atoms with Gasteiger partial charge in [0.05, 0.1) is 12.8 Å². The highest BCUT2D eigenvalue weighted by molar-refractivity contribution is 7.95. The van der Waals surface area contributed by atoms with Crippen molar-refractivity contribution in [2.75, 3.05) is 7.11 Å². The molecule has 0 saturated carbocycles. The Morgan fingerprint density at radius 1 is 1.00 bits per heavy atom. The summed E-state index contributed by atoms with van der Waals surface area (Å²) in [5, 5.41) is 0. The molecule has 2 heterocycles. The minimum absolute atomic E-state index is 0.0627. The fraction of sp³-hybridized carbons (Fsp3) is 0.214. The number of nitrogens with one attached hydrogen (secondary N) is 1. The van der Waals surface area contributed by atoms with Crippen molar-refractivity contribution in [3.8, 4) is 28.8 Å². The number of allylic oxidation sites excluding steroid dienone is 4. The van der Waals surface area contributed by atoms with E-state index in [0.29, 0.717) is 22.9 Å². The smallest absolute Gasteiger partial charge is 0.270 e. The second-order valence-electron chi connectivity index (χ2n) is 8.95. The van der Waals surface area contributed by atoms with Crippen molar-refractivity contribution in [2.24, 2.45) is 0 Å². The summed E-state index contributed by atoms with van der Waals surface area (Å²) >= 11 is 0. The van der Waals surface area contributed by atoms with Crippen LogP contribution in [0.3, 0.4) is 0 Å². The van der Waals surface area contributed by atoms with E-state index < -0.39 is 26.6 Å². The number of benzene rings is 1. The Morgan fingerprint density at radius 3 is 2.34 bits per heavy atom. The Hall–Kier alpha value is -4.31. The lowest BCUT2D eigenvalue weighted by atomic mass is 10.1. The van der Waals surface area contributed by atoms with Crippen LogP contribution in [-0.2, 0) is 14.8 Å². The fourth-order valence-electron chi connectivity index (χ4n) is 4.19. The van der Waals surface area contributed by atoms with Crippen LogP contribution in [0.2, 0.25) is 0 Å². The summed E-state index contributed by atoms with van der Waals surface area (Å²) in [6.45, 7) is 7.54. The van der Waals surface area contributed by atoms with Gasteiger partial charge in [0.2, 0.25) is 11.8 Å². The molecule has 38 heavy (non-hydrogen) atoms. The second kappa shape index (κ2) is 10.6. The predicted octanol–water partition coefficient (Wildman–Crippen LogP) is 4.65. The first-order valence-corrected chi connectivity index (χ1v) is 13.2. The van der Waals surface area contributed by atoms with Crippen LogP contribution in [0.15, 0.2) is 59.7 Å². The van der Waals surface area contributed by atoms with Crippen molar-refractivity contribution in [1.29, 1.82) is 0 Å². The van der Waals surface area contributed by atoms with Gasteiger partial charge in [0.1, 0.15) is 16.2 Å². The molecule has 196 valence electrons. The zero-order valence-electron chi connectivity index (χ0n) is 21.7. The molecule has 0 fully saturated rings. The largest absolute Gasteiger partial charge is 0.481 e. The zero-order valence-corrected chi connectivity index (χ0v) is 22.5. The first-order chi connectivity index (χ1) is 18.0. The van der Waals surface area contributed by atoms with Gasteiger partial charge < -0.3 is 9.47 Å². The molecule has 10 heteroatoms. The molecule has 0 bridgehead atoms. The van der Waals surface area contributed by atoms with Crippen LogP contribution >= 0.6 is 0 Å². The summed E-state index contributed by atoms with van der Waals surface area (Å²) in [5.74, 6) is -0.711. The molecule has 0 atom stereocenters. The van der Waals surface area contributed by atoms with Gasteiger partial charge in [-0.15, -0.1) is 0 Å². The second-order valence-corrected chi connectivity index (χ2v) is 10.6. The number of methoxy groups -OCH3 is 1.